The summed E-state index contributed by atoms with van der Waals surface area (Å²) in [5, 5.41) is 1.99. The molecule has 3 rings (SSSR count). The van der Waals surface area contributed by atoms with Crippen molar-refractivity contribution >= 4 is 50.2 Å². The van der Waals surface area contributed by atoms with Crippen LogP contribution in [-0.4, -0.2) is 17.1 Å². The molecule has 1 N–H and O–H groups in total. The number of halogens is 2. The number of carbonyl (C=O) groups is 1. The van der Waals surface area contributed by atoms with Gasteiger partial charge in [0.1, 0.15) is 0 Å². The average Bonchev–Trinajstić information content (AvgIpc) is 3.03. The van der Waals surface area contributed by atoms with Crippen LogP contribution in [0.5, 0.6) is 0 Å². The predicted molar refractivity (Wildman–Crippen MR) is 117 cm³/mol. The van der Waals surface area contributed by atoms with Crippen LogP contribution < -0.4 is 10.2 Å². The van der Waals surface area contributed by atoms with Crippen LogP contribution in [0.1, 0.15) is 10.4 Å². The molecule has 0 aliphatic rings. The molecule has 0 atom stereocenters. The molecular weight excluding hydrogens is 478 g/mol. The molecule has 0 saturated heterocycles. The Balaban J connectivity index is 0.00000243. The number of hydrogen-bond donors (Lipinski definition) is 1. The van der Waals surface area contributed by atoms with Gasteiger partial charge >= 0.3 is 0 Å². The van der Waals surface area contributed by atoms with Gasteiger partial charge in [-0.1, -0.05) is 52.3 Å². The molecule has 26 heavy (non-hydrogen) atoms. The maximum Gasteiger partial charge on any atom is 0.270 e. The first kappa shape index (κ1) is 20.4. The largest absolute Gasteiger partial charge is 0.270 e. The van der Waals surface area contributed by atoms with E-state index in [9.17, 15) is 4.79 Å². The molecule has 0 spiro atoms. The molecule has 1 amide bonds. The summed E-state index contributed by atoms with van der Waals surface area (Å²) in [6.07, 6.45) is 1.72. The molecule has 0 unspecified atom stereocenters. The van der Waals surface area contributed by atoms with Crippen molar-refractivity contribution in [3.63, 3.8) is 0 Å². The lowest BCUT2D eigenvalue weighted by Crippen LogP contribution is -2.31. The van der Waals surface area contributed by atoms with E-state index in [0.717, 1.165) is 15.7 Å². The Morgan fingerprint density at radius 3 is 2.54 bits per heavy atom. The number of aromatic nitrogens is 1. The maximum absolute atomic E-state index is 12.6. The van der Waals surface area contributed by atoms with E-state index in [-0.39, 0.29) is 22.9 Å². The first-order chi connectivity index (χ1) is 12.2. The number of hydrogen-bond acceptors (Lipinski definition) is 3. The minimum Gasteiger partial charge on any atom is -0.267 e. The highest BCUT2D eigenvalue weighted by Gasteiger charge is 2.12. The van der Waals surface area contributed by atoms with Crippen LogP contribution >= 0.6 is 44.2 Å². The second-order valence-corrected chi connectivity index (χ2v) is 6.93. The van der Waals surface area contributed by atoms with Crippen molar-refractivity contribution < 1.29 is 4.79 Å². The van der Waals surface area contributed by atoms with E-state index in [1.807, 2.05) is 47.8 Å². The van der Waals surface area contributed by atoms with Crippen molar-refractivity contribution in [2.45, 2.75) is 0 Å². The van der Waals surface area contributed by atoms with Crippen LogP contribution in [0.4, 0.5) is 0 Å². The smallest absolute Gasteiger partial charge is 0.267 e. The molecule has 0 fully saturated rings. The van der Waals surface area contributed by atoms with Gasteiger partial charge < -0.3 is 0 Å². The number of nitrogens with one attached hydrogen (secondary N) is 1. The third-order valence-corrected chi connectivity index (χ3v) is 4.85. The highest BCUT2D eigenvalue weighted by Crippen LogP contribution is 2.19. The summed E-state index contributed by atoms with van der Waals surface area (Å²) in [5.41, 5.74) is 5.42. The van der Waals surface area contributed by atoms with Gasteiger partial charge in [-0.2, -0.15) is 0 Å². The Morgan fingerprint density at radius 2 is 1.88 bits per heavy atom. The van der Waals surface area contributed by atoms with Gasteiger partial charge in [-0.3, -0.25) is 15.2 Å². The van der Waals surface area contributed by atoms with Gasteiger partial charge in [-0.05, 0) is 24.3 Å². The average molecular weight is 495 g/mol. The number of thiazole rings is 1. The zero-order chi connectivity index (χ0) is 17.6. The molecule has 0 bridgehead atoms. The van der Waals surface area contributed by atoms with Crippen LogP contribution in [0, 0.1) is 0 Å². The summed E-state index contributed by atoms with van der Waals surface area (Å²) in [5.74, 6) is -0.192. The van der Waals surface area contributed by atoms with Gasteiger partial charge in [0.05, 0.1) is 12.2 Å². The van der Waals surface area contributed by atoms with Crippen molar-refractivity contribution in [2.24, 2.45) is 4.99 Å². The summed E-state index contributed by atoms with van der Waals surface area (Å²) in [4.78, 5) is 17.8. The Hall–Kier alpha value is -1.96. The number of nitrogens with zero attached hydrogens (tertiary/aromatic N) is 2. The van der Waals surface area contributed by atoms with E-state index in [1.165, 1.54) is 11.3 Å². The number of amides is 1. The lowest BCUT2D eigenvalue weighted by atomic mass is 10.2. The first-order valence-corrected chi connectivity index (χ1v) is 9.30. The second-order valence-electron chi connectivity index (χ2n) is 5.18. The van der Waals surface area contributed by atoms with Crippen molar-refractivity contribution in [1.29, 1.82) is 0 Å². The van der Waals surface area contributed by atoms with Crippen molar-refractivity contribution in [2.75, 3.05) is 12.0 Å². The Morgan fingerprint density at radius 1 is 1.19 bits per heavy atom. The third-order valence-electron chi connectivity index (χ3n) is 3.45. The van der Waals surface area contributed by atoms with Crippen molar-refractivity contribution in [1.82, 2.24) is 4.68 Å². The molecule has 4 nitrogen and oxygen atoms in total. The highest BCUT2D eigenvalue weighted by atomic mass is 79.9. The molecule has 3 aromatic rings. The van der Waals surface area contributed by atoms with Crippen LogP contribution in [0.15, 0.2) is 82.1 Å². The lowest BCUT2D eigenvalue weighted by Gasteiger charge is -2.11. The summed E-state index contributed by atoms with van der Waals surface area (Å²) < 4.78 is 2.66. The minimum absolute atomic E-state index is 0. The van der Waals surface area contributed by atoms with Gasteiger partial charge in [-0.25, -0.2) is 4.68 Å². The topological polar surface area (TPSA) is 46.4 Å². The molecule has 0 aliphatic heterocycles. The SMILES string of the molecule is Br.C=CCN=c1scc(-c2ccccc2)n1NC(=O)c1ccc(Br)cc1. The zero-order valence-corrected chi connectivity index (χ0v) is 17.9. The monoisotopic (exact) mass is 493 g/mol. The van der Waals surface area contributed by atoms with Gasteiger partial charge in [0.25, 0.3) is 5.91 Å². The lowest BCUT2D eigenvalue weighted by molar-refractivity contribution is 0.101. The van der Waals surface area contributed by atoms with E-state index in [2.05, 4.69) is 32.9 Å². The standard InChI is InChI=1S/C19H16BrN3OS.BrH/c1-2-12-21-19-23(17(13-25-19)14-6-4-3-5-7-14)22-18(24)15-8-10-16(20)11-9-15;/h2-11,13H,1,12H2,(H,22,24);1H. The molecule has 2 aromatic carbocycles. The fourth-order valence-electron chi connectivity index (χ4n) is 2.25. The normalized spacial score (nSPS) is 10.9. The van der Waals surface area contributed by atoms with Gasteiger partial charge in [-0.15, -0.1) is 34.9 Å². The fraction of sp³-hybridized carbons (Fsp3) is 0.0526. The first-order valence-electron chi connectivity index (χ1n) is 7.63. The summed E-state index contributed by atoms with van der Waals surface area (Å²) in [6.45, 7) is 4.19. The third kappa shape index (κ3) is 4.81. The van der Waals surface area contributed by atoms with Crippen LogP contribution in [0.2, 0.25) is 0 Å². The van der Waals surface area contributed by atoms with Gasteiger partial charge in [0.2, 0.25) is 4.80 Å². The van der Waals surface area contributed by atoms with Crippen LogP contribution in [0.25, 0.3) is 11.3 Å². The predicted octanol–water partition coefficient (Wildman–Crippen LogP) is 5.03. The van der Waals surface area contributed by atoms with E-state index >= 15 is 0 Å². The molecule has 134 valence electrons. The Kier molecular flexibility index (Phi) is 7.56. The van der Waals surface area contributed by atoms with E-state index < -0.39 is 0 Å². The van der Waals surface area contributed by atoms with Crippen molar-refractivity contribution in [3.8, 4) is 11.3 Å². The Labute approximate surface area is 174 Å². The van der Waals surface area contributed by atoms with Gasteiger partial charge in [0.15, 0.2) is 0 Å². The molecule has 1 heterocycles. The highest BCUT2D eigenvalue weighted by molar-refractivity contribution is 9.10. The summed E-state index contributed by atoms with van der Waals surface area (Å²) in [7, 11) is 0. The Bertz CT molecular complexity index is 947. The molecule has 0 aliphatic carbocycles. The number of benzene rings is 2. The molecule has 1 aromatic heterocycles. The van der Waals surface area contributed by atoms with Crippen LogP contribution in [0.3, 0.4) is 0 Å². The summed E-state index contributed by atoms with van der Waals surface area (Å²) >= 11 is 4.85. The second kappa shape index (κ2) is 9.66. The van der Waals surface area contributed by atoms with Crippen molar-refractivity contribution in [3.05, 3.63) is 87.5 Å². The fourth-order valence-corrected chi connectivity index (χ4v) is 3.37. The minimum atomic E-state index is -0.192. The summed E-state index contributed by atoms with van der Waals surface area (Å²) in [6, 6.07) is 17.1. The maximum atomic E-state index is 12.6. The van der Waals surface area contributed by atoms with E-state index in [4.69, 9.17) is 0 Å². The number of rotatable bonds is 5. The molecule has 0 radical (unpaired) electrons. The van der Waals surface area contributed by atoms with E-state index in [1.54, 1.807) is 22.9 Å². The molecular formula is C19H17Br2N3OS. The zero-order valence-electron chi connectivity index (χ0n) is 13.8. The van der Waals surface area contributed by atoms with Crippen LogP contribution in [-0.2, 0) is 0 Å². The molecule has 7 heteroatoms. The molecule has 0 saturated carbocycles. The van der Waals surface area contributed by atoms with E-state index in [0.29, 0.717) is 16.9 Å². The number of carbonyl (C=O) groups excluding carboxylic acids is 1. The van der Waals surface area contributed by atoms with Gasteiger partial charge in [0, 0.05) is 21.0 Å². The quantitative estimate of drug-likeness (QED) is 0.497.